The van der Waals surface area contributed by atoms with Crippen molar-refractivity contribution in [3.63, 3.8) is 0 Å². The summed E-state index contributed by atoms with van der Waals surface area (Å²) >= 11 is 0. The quantitative estimate of drug-likeness (QED) is 0.557. The van der Waals surface area contributed by atoms with Gasteiger partial charge in [-0.3, -0.25) is 4.90 Å². The topological polar surface area (TPSA) is 15.3 Å². The van der Waals surface area contributed by atoms with Crippen LogP contribution in [0.3, 0.4) is 0 Å². The largest absolute Gasteiger partial charge is 0.303 e. The van der Waals surface area contributed by atoms with Crippen LogP contribution in [0.1, 0.15) is 77.6 Å². The van der Waals surface area contributed by atoms with Gasteiger partial charge in [-0.2, -0.15) is 0 Å². The Bertz CT molecular complexity index is 182. The van der Waals surface area contributed by atoms with Gasteiger partial charge in [0.05, 0.1) is 0 Å². The number of unbranched alkanes of at least 4 members (excludes halogenated alkanes) is 9. The zero-order valence-corrected chi connectivity index (χ0v) is 12.7. The second-order valence-electron chi connectivity index (χ2n) is 5.99. The molecule has 0 aromatic rings. The third kappa shape index (κ3) is 7.38. The van der Waals surface area contributed by atoms with Crippen molar-refractivity contribution in [3.8, 4) is 0 Å². The molecule has 1 atom stereocenters. The van der Waals surface area contributed by atoms with Gasteiger partial charge in [0.2, 0.25) is 0 Å². The Balaban J connectivity index is 1.76. The summed E-state index contributed by atoms with van der Waals surface area (Å²) in [5.41, 5.74) is 0. The standard InChI is InChI=1S/C16H34N2/c1-3-4-5-6-7-8-9-10-11-12-13-16-14-17-15-18(16)2/h16-17H,3-15H2,1-2H3. The molecule has 108 valence electrons. The van der Waals surface area contributed by atoms with Gasteiger partial charge in [-0.25, -0.2) is 0 Å². The smallest absolute Gasteiger partial charge is 0.0481 e. The van der Waals surface area contributed by atoms with E-state index in [0.29, 0.717) is 0 Å². The molecule has 0 amide bonds. The van der Waals surface area contributed by atoms with E-state index in [9.17, 15) is 0 Å². The van der Waals surface area contributed by atoms with Gasteiger partial charge >= 0.3 is 0 Å². The van der Waals surface area contributed by atoms with Crippen LogP contribution in [-0.4, -0.2) is 31.2 Å². The number of rotatable bonds is 11. The molecule has 1 rings (SSSR count). The Morgan fingerprint density at radius 2 is 1.44 bits per heavy atom. The van der Waals surface area contributed by atoms with Crippen LogP contribution in [0.15, 0.2) is 0 Å². The predicted molar refractivity (Wildman–Crippen MR) is 80.9 cm³/mol. The molecule has 1 aliphatic rings. The second-order valence-corrected chi connectivity index (χ2v) is 5.99. The molecule has 0 spiro atoms. The fraction of sp³-hybridized carbons (Fsp3) is 1.00. The van der Waals surface area contributed by atoms with Crippen LogP contribution in [0.4, 0.5) is 0 Å². The van der Waals surface area contributed by atoms with Gasteiger partial charge < -0.3 is 5.32 Å². The van der Waals surface area contributed by atoms with E-state index in [1.807, 2.05) is 0 Å². The minimum absolute atomic E-state index is 0.805. The molecule has 1 N–H and O–H groups in total. The molecule has 0 radical (unpaired) electrons. The van der Waals surface area contributed by atoms with E-state index >= 15 is 0 Å². The Labute approximate surface area is 115 Å². The van der Waals surface area contributed by atoms with E-state index in [1.165, 1.54) is 77.2 Å². The SMILES string of the molecule is CCCCCCCCCCCCC1CNCN1C. The molecule has 0 bridgehead atoms. The first-order chi connectivity index (χ1) is 8.84. The second kappa shape index (κ2) is 10.8. The number of nitrogens with one attached hydrogen (secondary N) is 1. The molecule has 0 aromatic heterocycles. The third-order valence-corrected chi connectivity index (χ3v) is 4.26. The maximum Gasteiger partial charge on any atom is 0.0481 e. The van der Waals surface area contributed by atoms with E-state index in [0.717, 1.165) is 12.7 Å². The summed E-state index contributed by atoms with van der Waals surface area (Å²) in [6.45, 7) is 4.58. The van der Waals surface area contributed by atoms with E-state index in [2.05, 4.69) is 24.2 Å². The molecule has 2 heteroatoms. The van der Waals surface area contributed by atoms with E-state index in [-0.39, 0.29) is 0 Å². The Kier molecular flexibility index (Phi) is 9.59. The van der Waals surface area contributed by atoms with Gasteiger partial charge in [-0.05, 0) is 13.5 Å². The highest BCUT2D eigenvalue weighted by molar-refractivity contribution is 4.76. The molecule has 1 heterocycles. The molecule has 0 aromatic carbocycles. The summed E-state index contributed by atoms with van der Waals surface area (Å²) in [5, 5.41) is 3.43. The molecule has 0 saturated carbocycles. The van der Waals surface area contributed by atoms with Crippen molar-refractivity contribution in [2.75, 3.05) is 20.3 Å². The summed E-state index contributed by atoms with van der Waals surface area (Å²) in [6.07, 6.45) is 15.8. The van der Waals surface area contributed by atoms with Crippen LogP contribution in [0.5, 0.6) is 0 Å². The molecule has 1 aliphatic heterocycles. The van der Waals surface area contributed by atoms with Gasteiger partial charge in [-0.15, -0.1) is 0 Å². The lowest BCUT2D eigenvalue weighted by Crippen LogP contribution is -2.26. The molecule has 18 heavy (non-hydrogen) atoms. The van der Waals surface area contributed by atoms with Gasteiger partial charge in [0.15, 0.2) is 0 Å². The lowest BCUT2D eigenvalue weighted by Gasteiger charge is -2.17. The molecular weight excluding hydrogens is 220 g/mol. The number of hydrogen-bond acceptors (Lipinski definition) is 2. The van der Waals surface area contributed by atoms with E-state index in [4.69, 9.17) is 0 Å². The van der Waals surface area contributed by atoms with Gasteiger partial charge in [0.25, 0.3) is 0 Å². The fourth-order valence-electron chi connectivity index (χ4n) is 2.88. The lowest BCUT2D eigenvalue weighted by molar-refractivity contribution is 0.295. The Morgan fingerprint density at radius 3 is 1.94 bits per heavy atom. The molecule has 1 fully saturated rings. The number of likely N-dealkylation sites (N-methyl/N-ethyl adjacent to an activating group) is 1. The summed E-state index contributed by atoms with van der Waals surface area (Å²) < 4.78 is 0. The molecule has 1 saturated heterocycles. The number of hydrogen-bond donors (Lipinski definition) is 1. The van der Waals surface area contributed by atoms with Crippen LogP contribution in [0.25, 0.3) is 0 Å². The summed E-state index contributed by atoms with van der Waals surface area (Å²) in [6, 6.07) is 0.805. The van der Waals surface area contributed by atoms with Crippen molar-refractivity contribution in [2.45, 2.75) is 83.6 Å². The highest BCUT2D eigenvalue weighted by Crippen LogP contribution is 2.14. The van der Waals surface area contributed by atoms with Crippen molar-refractivity contribution >= 4 is 0 Å². The summed E-state index contributed by atoms with van der Waals surface area (Å²) in [7, 11) is 2.24. The minimum atomic E-state index is 0.805. The Hall–Kier alpha value is -0.0800. The Morgan fingerprint density at radius 1 is 0.889 bits per heavy atom. The van der Waals surface area contributed by atoms with Crippen molar-refractivity contribution in [2.24, 2.45) is 0 Å². The van der Waals surface area contributed by atoms with Crippen molar-refractivity contribution in [3.05, 3.63) is 0 Å². The molecule has 1 unspecified atom stereocenters. The first kappa shape index (κ1) is 16.0. The first-order valence-corrected chi connectivity index (χ1v) is 8.25. The minimum Gasteiger partial charge on any atom is -0.303 e. The fourth-order valence-corrected chi connectivity index (χ4v) is 2.88. The van der Waals surface area contributed by atoms with Crippen LogP contribution in [0.2, 0.25) is 0 Å². The molecular formula is C16H34N2. The monoisotopic (exact) mass is 254 g/mol. The van der Waals surface area contributed by atoms with Crippen molar-refractivity contribution in [1.82, 2.24) is 10.2 Å². The summed E-state index contributed by atoms with van der Waals surface area (Å²) in [4.78, 5) is 2.45. The van der Waals surface area contributed by atoms with Gasteiger partial charge in [0, 0.05) is 19.3 Å². The van der Waals surface area contributed by atoms with Gasteiger partial charge in [0.1, 0.15) is 0 Å². The van der Waals surface area contributed by atoms with Crippen LogP contribution >= 0.6 is 0 Å². The maximum absolute atomic E-state index is 3.43. The average molecular weight is 254 g/mol. The summed E-state index contributed by atoms with van der Waals surface area (Å²) in [5.74, 6) is 0. The first-order valence-electron chi connectivity index (χ1n) is 8.25. The lowest BCUT2D eigenvalue weighted by atomic mass is 10.0. The zero-order valence-electron chi connectivity index (χ0n) is 12.7. The predicted octanol–water partition coefficient (Wildman–Crippen LogP) is 4.16. The molecule has 0 aliphatic carbocycles. The molecule has 2 nitrogen and oxygen atoms in total. The highest BCUT2D eigenvalue weighted by Gasteiger charge is 2.18. The third-order valence-electron chi connectivity index (χ3n) is 4.26. The van der Waals surface area contributed by atoms with Crippen LogP contribution in [-0.2, 0) is 0 Å². The normalized spacial score (nSPS) is 20.7. The van der Waals surface area contributed by atoms with Crippen molar-refractivity contribution < 1.29 is 0 Å². The maximum atomic E-state index is 3.43. The average Bonchev–Trinajstić information content (AvgIpc) is 2.77. The zero-order chi connectivity index (χ0) is 13.1. The highest BCUT2D eigenvalue weighted by atomic mass is 15.3. The van der Waals surface area contributed by atoms with Crippen LogP contribution < -0.4 is 5.32 Å². The van der Waals surface area contributed by atoms with E-state index < -0.39 is 0 Å². The van der Waals surface area contributed by atoms with Crippen molar-refractivity contribution in [1.29, 1.82) is 0 Å². The number of nitrogens with zero attached hydrogens (tertiary/aromatic N) is 1. The van der Waals surface area contributed by atoms with E-state index in [1.54, 1.807) is 0 Å². The van der Waals surface area contributed by atoms with Gasteiger partial charge in [-0.1, -0.05) is 71.1 Å². The van der Waals surface area contributed by atoms with Crippen LogP contribution in [0, 0.1) is 0 Å².